The summed E-state index contributed by atoms with van der Waals surface area (Å²) in [5, 5.41) is 3.55. The lowest BCUT2D eigenvalue weighted by Gasteiger charge is -2.44. The first-order valence-corrected chi connectivity index (χ1v) is 6.53. The van der Waals surface area contributed by atoms with Gasteiger partial charge in [-0.2, -0.15) is 0 Å². The van der Waals surface area contributed by atoms with Crippen molar-refractivity contribution in [2.75, 3.05) is 13.1 Å². The minimum atomic E-state index is 0.605. The first kappa shape index (κ1) is 9.86. The first-order valence-electron chi connectivity index (χ1n) is 5.74. The fraction of sp³-hybridized carbons (Fsp3) is 0.538. The van der Waals surface area contributed by atoms with Gasteiger partial charge >= 0.3 is 0 Å². The summed E-state index contributed by atoms with van der Waals surface area (Å²) in [5.74, 6) is 0.946. The zero-order valence-corrected chi connectivity index (χ0v) is 10.4. The minimum Gasteiger partial charge on any atom is -0.316 e. The van der Waals surface area contributed by atoms with Crippen molar-refractivity contribution in [3.8, 4) is 0 Å². The van der Waals surface area contributed by atoms with Gasteiger partial charge in [0.1, 0.15) is 0 Å². The Balaban J connectivity index is 1.77. The molecule has 1 saturated carbocycles. The van der Waals surface area contributed by atoms with E-state index < -0.39 is 0 Å². The molecule has 2 aliphatic rings. The number of hydrogen-bond donors (Lipinski definition) is 1. The van der Waals surface area contributed by atoms with Crippen LogP contribution in [0.25, 0.3) is 0 Å². The van der Waals surface area contributed by atoms with E-state index in [2.05, 4.69) is 45.5 Å². The van der Waals surface area contributed by atoms with Crippen molar-refractivity contribution in [1.29, 1.82) is 0 Å². The zero-order chi connectivity index (χ0) is 10.3. The number of benzene rings is 1. The van der Waals surface area contributed by atoms with E-state index in [1.807, 2.05) is 0 Å². The molecule has 1 heterocycles. The summed E-state index contributed by atoms with van der Waals surface area (Å²) in [5.41, 5.74) is 2.10. The van der Waals surface area contributed by atoms with Crippen molar-refractivity contribution >= 4 is 15.9 Å². The number of fused-ring (bicyclic) bond motifs is 1. The Morgan fingerprint density at radius 1 is 1.33 bits per heavy atom. The SMILES string of the molecule is Brc1ccc(CC23CCC2CNC3)cc1. The van der Waals surface area contributed by atoms with Crippen molar-refractivity contribution in [2.45, 2.75) is 19.3 Å². The van der Waals surface area contributed by atoms with Gasteiger partial charge in [0, 0.05) is 11.0 Å². The van der Waals surface area contributed by atoms with E-state index in [0.717, 1.165) is 5.92 Å². The third-order valence-corrected chi connectivity index (χ3v) is 4.72. The maximum absolute atomic E-state index is 3.55. The Bertz CT molecular complexity index is 359. The van der Waals surface area contributed by atoms with Gasteiger partial charge in [-0.3, -0.25) is 0 Å². The highest BCUT2D eigenvalue weighted by Gasteiger charge is 2.49. The van der Waals surface area contributed by atoms with Gasteiger partial charge in [0.2, 0.25) is 0 Å². The van der Waals surface area contributed by atoms with E-state index in [1.165, 1.54) is 42.4 Å². The molecule has 0 bridgehead atoms. The minimum absolute atomic E-state index is 0.605. The molecule has 1 aliphatic carbocycles. The molecule has 2 unspecified atom stereocenters. The van der Waals surface area contributed by atoms with Crippen molar-refractivity contribution < 1.29 is 0 Å². The quantitative estimate of drug-likeness (QED) is 0.867. The molecule has 3 rings (SSSR count). The van der Waals surface area contributed by atoms with Crippen LogP contribution in [0.4, 0.5) is 0 Å². The van der Waals surface area contributed by atoms with Gasteiger partial charge < -0.3 is 5.32 Å². The molecule has 0 radical (unpaired) electrons. The van der Waals surface area contributed by atoms with Crippen molar-refractivity contribution in [3.05, 3.63) is 34.3 Å². The number of nitrogens with one attached hydrogen (secondary N) is 1. The molecule has 1 saturated heterocycles. The molecular weight excluding hydrogens is 250 g/mol. The van der Waals surface area contributed by atoms with E-state index in [9.17, 15) is 0 Å². The predicted molar refractivity (Wildman–Crippen MR) is 65.9 cm³/mol. The molecule has 1 aliphatic heterocycles. The average Bonchev–Trinajstić information content (AvgIpc) is 2.49. The topological polar surface area (TPSA) is 12.0 Å². The summed E-state index contributed by atoms with van der Waals surface area (Å²) in [4.78, 5) is 0. The predicted octanol–water partition coefficient (Wildman–Crippen LogP) is 2.99. The molecule has 80 valence electrons. The van der Waals surface area contributed by atoms with Crippen molar-refractivity contribution in [1.82, 2.24) is 5.32 Å². The molecule has 1 N–H and O–H groups in total. The van der Waals surface area contributed by atoms with Gasteiger partial charge in [-0.15, -0.1) is 0 Å². The van der Waals surface area contributed by atoms with Crippen LogP contribution in [0, 0.1) is 11.3 Å². The van der Waals surface area contributed by atoms with Gasteiger partial charge in [0.15, 0.2) is 0 Å². The van der Waals surface area contributed by atoms with Crippen LogP contribution in [0.15, 0.2) is 28.7 Å². The maximum Gasteiger partial charge on any atom is 0.0175 e. The molecule has 0 aromatic heterocycles. The maximum atomic E-state index is 3.55. The lowest BCUT2D eigenvalue weighted by Crippen LogP contribution is -2.41. The van der Waals surface area contributed by atoms with Crippen molar-refractivity contribution in [2.24, 2.45) is 11.3 Å². The molecule has 1 aromatic rings. The van der Waals surface area contributed by atoms with Crippen LogP contribution in [0.5, 0.6) is 0 Å². The Kier molecular flexibility index (Phi) is 2.37. The highest BCUT2D eigenvalue weighted by atomic mass is 79.9. The van der Waals surface area contributed by atoms with Crippen LogP contribution in [0.2, 0.25) is 0 Å². The smallest absolute Gasteiger partial charge is 0.0175 e. The van der Waals surface area contributed by atoms with E-state index in [4.69, 9.17) is 0 Å². The fourth-order valence-electron chi connectivity index (χ4n) is 3.11. The Labute approximate surface area is 99.4 Å². The summed E-state index contributed by atoms with van der Waals surface area (Å²) in [6.45, 7) is 2.48. The molecule has 0 amide bonds. The van der Waals surface area contributed by atoms with Crippen molar-refractivity contribution in [3.63, 3.8) is 0 Å². The first-order chi connectivity index (χ1) is 7.28. The molecular formula is C13H16BrN. The standard InChI is InChI=1S/C13H16BrN/c14-12-3-1-10(2-4-12)7-13-6-5-11(13)8-15-9-13/h1-4,11,15H,5-9H2. The summed E-state index contributed by atoms with van der Waals surface area (Å²) in [6, 6.07) is 8.82. The van der Waals surface area contributed by atoms with E-state index >= 15 is 0 Å². The highest BCUT2D eigenvalue weighted by molar-refractivity contribution is 9.10. The van der Waals surface area contributed by atoms with Gasteiger partial charge in [-0.25, -0.2) is 0 Å². The second-order valence-electron chi connectivity index (χ2n) is 5.03. The average molecular weight is 266 g/mol. The molecule has 2 atom stereocenters. The molecule has 1 aromatic carbocycles. The largest absolute Gasteiger partial charge is 0.316 e. The van der Waals surface area contributed by atoms with Crippen LogP contribution in [-0.2, 0) is 6.42 Å². The summed E-state index contributed by atoms with van der Waals surface area (Å²) in [7, 11) is 0. The van der Waals surface area contributed by atoms with E-state index in [0.29, 0.717) is 5.41 Å². The van der Waals surface area contributed by atoms with Gasteiger partial charge in [-0.1, -0.05) is 28.1 Å². The van der Waals surface area contributed by atoms with E-state index in [-0.39, 0.29) is 0 Å². The van der Waals surface area contributed by atoms with Gasteiger partial charge in [-0.05, 0) is 54.8 Å². The van der Waals surface area contributed by atoms with Gasteiger partial charge in [0.05, 0.1) is 0 Å². The zero-order valence-electron chi connectivity index (χ0n) is 8.80. The third-order valence-electron chi connectivity index (χ3n) is 4.19. The monoisotopic (exact) mass is 265 g/mol. The second kappa shape index (κ2) is 3.60. The molecule has 0 spiro atoms. The number of halogens is 1. The Morgan fingerprint density at radius 2 is 2.13 bits per heavy atom. The molecule has 2 heteroatoms. The Morgan fingerprint density at radius 3 is 2.73 bits per heavy atom. The summed E-state index contributed by atoms with van der Waals surface area (Å²) >= 11 is 3.49. The number of rotatable bonds is 2. The van der Waals surface area contributed by atoms with Crippen LogP contribution >= 0.6 is 15.9 Å². The Hall–Kier alpha value is -0.340. The lowest BCUT2D eigenvalue weighted by molar-refractivity contribution is 0.0864. The van der Waals surface area contributed by atoms with E-state index in [1.54, 1.807) is 0 Å². The fourth-order valence-corrected chi connectivity index (χ4v) is 3.37. The molecule has 2 fully saturated rings. The summed E-state index contributed by atoms with van der Waals surface area (Å²) in [6.07, 6.45) is 4.11. The normalized spacial score (nSPS) is 33.5. The van der Waals surface area contributed by atoms with Crippen LogP contribution in [-0.4, -0.2) is 13.1 Å². The van der Waals surface area contributed by atoms with Gasteiger partial charge in [0.25, 0.3) is 0 Å². The summed E-state index contributed by atoms with van der Waals surface area (Å²) < 4.78 is 1.18. The molecule has 15 heavy (non-hydrogen) atoms. The third kappa shape index (κ3) is 1.64. The van der Waals surface area contributed by atoms with Crippen LogP contribution in [0.3, 0.4) is 0 Å². The lowest BCUT2D eigenvalue weighted by atomic mass is 9.59. The second-order valence-corrected chi connectivity index (χ2v) is 5.95. The van der Waals surface area contributed by atoms with Crippen LogP contribution in [0.1, 0.15) is 18.4 Å². The number of hydrogen-bond acceptors (Lipinski definition) is 1. The highest BCUT2D eigenvalue weighted by Crippen LogP contribution is 2.51. The van der Waals surface area contributed by atoms with Crippen LogP contribution < -0.4 is 5.32 Å². The molecule has 1 nitrogen and oxygen atoms in total.